The van der Waals surface area contributed by atoms with Crippen molar-refractivity contribution < 1.29 is 9.53 Å². The number of nitrogens with zero attached hydrogens (tertiary/aromatic N) is 1. The second-order valence-electron chi connectivity index (χ2n) is 5.14. The molecule has 0 atom stereocenters. The molecule has 0 heterocycles. The summed E-state index contributed by atoms with van der Waals surface area (Å²) in [4.78, 5) is 14.3. The topological polar surface area (TPSA) is 41.6 Å². The summed E-state index contributed by atoms with van der Waals surface area (Å²) in [6.45, 7) is 2.57. The number of anilines is 1. The molecule has 0 aromatic heterocycles. The van der Waals surface area contributed by atoms with Gasteiger partial charge in [-0.3, -0.25) is 10.1 Å². The fourth-order valence-electron chi connectivity index (χ4n) is 2.03. The van der Waals surface area contributed by atoms with Gasteiger partial charge < -0.3 is 9.64 Å². The van der Waals surface area contributed by atoms with Gasteiger partial charge in [0.05, 0.1) is 12.2 Å². The summed E-state index contributed by atoms with van der Waals surface area (Å²) in [5.74, 6) is 0.248. The first-order valence-electron chi connectivity index (χ1n) is 7.59. The zero-order chi connectivity index (χ0) is 17.5. The van der Waals surface area contributed by atoms with Crippen LogP contribution in [0.3, 0.4) is 0 Å². The number of hydrogen-bond donors (Lipinski definition) is 1. The Kier molecular flexibility index (Phi) is 6.75. The van der Waals surface area contributed by atoms with Crippen LogP contribution in [-0.2, 0) is 0 Å². The van der Waals surface area contributed by atoms with Crippen molar-refractivity contribution in [2.45, 2.75) is 13.3 Å². The molecule has 0 saturated heterocycles. The molecule has 2 aromatic rings. The summed E-state index contributed by atoms with van der Waals surface area (Å²) in [6, 6.07) is 15.0. The lowest BCUT2D eigenvalue weighted by atomic mass is 10.2. The molecule has 4 nitrogen and oxygen atoms in total. The number of amides is 1. The molecule has 0 saturated carbocycles. The van der Waals surface area contributed by atoms with Crippen molar-refractivity contribution in [1.29, 1.82) is 0 Å². The second kappa shape index (κ2) is 8.80. The summed E-state index contributed by atoms with van der Waals surface area (Å²) in [7, 11) is 1.81. The van der Waals surface area contributed by atoms with Gasteiger partial charge in [0.25, 0.3) is 5.91 Å². The smallest absolute Gasteiger partial charge is 0.261 e. The number of carbonyl (C=O) groups is 1. The third kappa shape index (κ3) is 4.79. The van der Waals surface area contributed by atoms with Crippen LogP contribution in [-0.4, -0.2) is 24.7 Å². The number of nitrogens with one attached hydrogen (secondary N) is 1. The minimum absolute atomic E-state index is 0.296. The predicted octanol–water partition coefficient (Wildman–Crippen LogP) is 4.39. The van der Waals surface area contributed by atoms with Crippen LogP contribution in [0.5, 0.6) is 5.75 Å². The van der Waals surface area contributed by atoms with Gasteiger partial charge in [-0.05, 0) is 49.0 Å². The number of carbonyl (C=O) groups excluding carboxylic acids is 1. The van der Waals surface area contributed by atoms with Crippen molar-refractivity contribution in [3.63, 3.8) is 0 Å². The Hall–Kier alpha value is -1.92. The SMILES string of the molecule is CCCOc1ccc(Br)cc1C(=O)NC(=S)N(C)c1ccccc1. The number of thiocarbonyl (C=S) groups is 1. The molecule has 6 heteroatoms. The molecule has 2 rings (SSSR count). The summed E-state index contributed by atoms with van der Waals surface area (Å²) in [5.41, 5.74) is 1.35. The minimum atomic E-state index is -0.296. The van der Waals surface area contributed by atoms with E-state index in [9.17, 15) is 4.79 Å². The molecule has 0 radical (unpaired) electrons. The summed E-state index contributed by atoms with van der Waals surface area (Å²) in [5, 5.41) is 3.08. The quantitative estimate of drug-likeness (QED) is 0.747. The van der Waals surface area contributed by atoms with Gasteiger partial charge in [0.15, 0.2) is 5.11 Å². The van der Waals surface area contributed by atoms with Crippen molar-refractivity contribution in [2.24, 2.45) is 0 Å². The summed E-state index contributed by atoms with van der Waals surface area (Å²) in [6.07, 6.45) is 0.867. The summed E-state index contributed by atoms with van der Waals surface area (Å²) < 4.78 is 6.46. The molecule has 0 aliphatic carbocycles. The van der Waals surface area contributed by atoms with Crippen LogP contribution < -0.4 is 15.0 Å². The molecule has 0 fully saturated rings. The fraction of sp³-hybridized carbons (Fsp3) is 0.222. The lowest BCUT2D eigenvalue weighted by Gasteiger charge is -2.21. The number of ether oxygens (including phenoxy) is 1. The molecule has 0 aliphatic heterocycles. The van der Waals surface area contributed by atoms with E-state index in [0.717, 1.165) is 16.6 Å². The average molecular weight is 407 g/mol. The number of hydrogen-bond acceptors (Lipinski definition) is 3. The Balaban J connectivity index is 2.14. The molecule has 0 unspecified atom stereocenters. The van der Waals surface area contributed by atoms with E-state index in [0.29, 0.717) is 23.0 Å². The lowest BCUT2D eigenvalue weighted by Crippen LogP contribution is -2.40. The van der Waals surface area contributed by atoms with Gasteiger partial charge in [0, 0.05) is 17.2 Å². The number of para-hydroxylation sites is 1. The highest BCUT2D eigenvalue weighted by Gasteiger charge is 2.16. The Labute approximate surface area is 155 Å². The first kappa shape index (κ1) is 18.4. The van der Waals surface area contributed by atoms with E-state index < -0.39 is 0 Å². The maximum atomic E-state index is 12.6. The van der Waals surface area contributed by atoms with Crippen LogP contribution in [0.2, 0.25) is 0 Å². The summed E-state index contributed by atoms with van der Waals surface area (Å²) >= 11 is 8.73. The third-order valence-corrected chi connectivity index (χ3v) is 4.19. The largest absolute Gasteiger partial charge is 0.493 e. The van der Waals surface area contributed by atoms with Gasteiger partial charge in [0.1, 0.15) is 5.75 Å². The maximum absolute atomic E-state index is 12.6. The van der Waals surface area contributed by atoms with Gasteiger partial charge in [-0.1, -0.05) is 41.1 Å². The van der Waals surface area contributed by atoms with Crippen LogP contribution in [0.1, 0.15) is 23.7 Å². The Morgan fingerprint density at radius 3 is 2.62 bits per heavy atom. The zero-order valence-corrected chi connectivity index (χ0v) is 16.0. The highest BCUT2D eigenvalue weighted by atomic mass is 79.9. The van der Waals surface area contributed by atoms with Gasteiger partial charge in [-0.25, -0.2) is 0 Å². The van der Waals surface area contributed by atoms with E-state index in [2.05, 4.69) is 21.2 Å². The molecule has 0 bridgehead atoms. The first-order valence-corrected chi connectivity index (χ1v) is 8.79. The molecule has 0 spiro atoms. The molecule has 0 aliphatic rings. The van der Waals surface area contributed by atoms with Crippen LogP contribution in [0.15, 0.2) is 53.0 Å². The van der Waals surface area contributed by atoms with Crippen LogP contribution in [0.4, 0.5) is 5.69 Å². The second-order valence-corrected chi connectivity index (χ2v) is 6.45. The monoisotopic (exact) mass is 406 g/mol. The van der Waals surface area contributed by atoms with E-state index in [1.807, 2.05) is 50.4 Å². The maximum Gasteiger partial charge on any atom is 0.261 e. The van der Waals surface area contributed by atoms with Crippen molar-refractivity contribution in [3.8, 4) is 5.75 Å². The standard InChI is InChI=1S/C18H19BrN2O2S/c1-3-11-23-16-10-9-13(19)12-15(16)17(22)20-18(24)21(2)14-7-5-4-6-8-14/h4-10,12H,3,11H2,1-2H3,(H,20,22,24). The van der Waals surface area contributed by atoms with E-state index in [4.69, 9.17) is 17.0 Å². The van der Waals surface area contributed by atoms with Gasteiger partial charge in [-0.2, -0.15) is 0 Å². The molecule has 1 amide bonds. The highest BCUT2D eigenvalue weighted by molar-refractivity contribution is 9.10. The van der Waals surface area contributed by atoms with Crippen LogP contribution in [0, 0.1) is 0 Å². The fourth-order valence-corrected chi connectivity index (χ4v) is 2.59. The minimum Gasteiger partial charge on any atom is -0.493 e. The van der Waals surface area contributed by atoms with Crippen molar-refractivity contribution in [3.05, 3.63) is 58.6 Å². The lowest BCUT2D eigenvalue weighted by molar-refractivity contribution is 0.0973. The van der Waals surface area contributed by atoms with E-state index >= 15 is 0 Å². The highest BCUT2D eigenvalue weighted by Crippen LogP contribution is 2.23. The van der Waals surface area contributed by atoms with Gasteiger partial charge in [0.2, 0.25) is 0 Å². The Morgan fingerprint density at radius 1 is 1.25 bits per heavy atom. The first-order chi connectivity index (χ1) is 11.5. The normalized spacial score (nSPS) is 10.1. The molecule has 126 valence electrons. The molecular weight excluding hydrogens is 388 g/mol. The number of halogens is 1. The Morgan fingerprint density at radius 2 is 1.96 bits per heavy atom. The van der Waals surface area contributed by atoms with Crippen LogP contribution >= 0.6 is 28.1 Å². The van der Waals surface area contributed by atoms with Gasteiger partial charge in [-0.15, -0.1) is 0 Å². The Bertz CT molecular complexity index is 722. The predicted molar refractivity (Wildman–Crippen MR) is 105 cm³/mol. The van der Waals surface area contributed by atoms with E-state index in [-0.39, 0.29) is 5.91 Å². The number of rotatable bonds is 5. The van der Waals surface area contributed by atoms with Gasteiger partial charge >= 0.3 is 0 Å². The van der Waals surface area contributed by atoms with E-state index in [1.165, 1.54) is 0 Å². The molecular formula is C18H19BrN2O2S. The van der Waals surface area contributed by atoms with Crippen LogP contribution in [0.25, 0.3) is 0 Å². The third-order valence-electron chi connectivity index (χ3n) is 3.32. The van der Waals surface area contributed by atoms with Crippen molar-refractivity contribution >= 4 is 44.9 Å². The number of benzene rings is 2. The van der Waals surface area contributed by atoms with Crippen molar-refractivity contribution in [2.75, 3.05) is 18.6 Å². The average Bonchev–Trinajstić information content (AvgIpc) is 2.60. The zero-order valence-electron chi connectivity index (χ0n) is 13.6. The van der Waals surface area contributed by atoms with E-state index in [1.54, 1.807) is 17.0 Å². The molecule has 24 heavy (non-hydrogen) atoms. The van der Waals surface area contributed by atoms with Crippen molar-refractivity contribution in [1.82, 2.24) is 5.32 Å². The molecule has 1 N–H and O–H groups in total. The molecule has 2 aromatic carbocycles.